The number of methoxy groups -OCH3 is 1. The van der Waals surface area contributed by atoms with Gasteiger partial charge in [-0.25, -0.2) is 4.98 Å². The van der Waals surface area contributed by atoms with E-state index >= 15 is 0 Å². The molecule has 0 unspecified atom stereocenters. The van der Waals surface area contributed by atoms with Gasteiger partial charge in [-0.2, -0.15) is 4.98 Å². The number of aliphatic carboxylic acids is 1. The first kappa shape index (κ1) is 20.2. The van der Waals surface area contributed by atoms with E-state index in [0.29, 0.717) is 42.6 Å². The zero-order valence-corrected chi connectivity index (χ0v) is 16.0. The molecule has 1 aliphatic carbocycles. The van der Waals surface area contributed by atoms with E-state index in [2.05, 4.69) is 15.3 Å². The fourth-order valence-electron chi connectivity index (χ4n) is 3.36. The highest BCUT2D eigenvalue weighted by Gasteiger charge is 2.27. The Bertz CT molecular complexity index is 921. The average molecular weight is 397 g/mol. The standard InChI is InChI=1S/C20H23N5O4/c1-29-19-15(18(26)24-14-8-6-13(7-9-14)20(27)28)10-23-17(25-19)12-4-2-11(3-5-12)16(21)22/h2-5,10,13-14H,6-9H2,1H3,(H3,21,22)(H,24,26)(H,27,28)/t13-,14-. The fourth-order valence-corrected chi connectivity index (χ4v) is 3.36. The molecule has 1 aromatic carbocycles. The highest BCUT2D eigenvalue weighted by molar-refractivity contribution is 5.97. The molecule has 0 atom stereocenters. The molecule has 0 bridgehead atoms. The van der Waals surface area contributed by atoms with Crippen LogP contribution in [0.15, 0.2) is 30.5 Å². The van der Waals surface area contributed by atoms with E-state index in [1.807, 2.05) is 0 Å². The quantitative estimate of drug-likeness (QED) is 0.428. The number of carbonyl (C=O) groups is 2. The largest absolute Gasteiger partial charge is 0.481 e. The minimum absolute atomic E-state index is 0.0283. The number of amides is 1. The number of benzene rings is 1. The van der Waals surface area contributed by atoms with Crippen molar-refractivity contribution in [3.63, 3.8) is 0 Å². The van der Waals surface area contributed by atoms with Gasteiger partial charge in [-0.1, -0.05) is 24.3 Å². The molecule has 0 aliphatic heterocycles. The van der Waals surface area contributed by atoms with Crippen molar-refractivity contribution in [2.45, 2.75) is 31.7 Å². The molecule has 1 fully saturated rings. The Morgan fingerprint density at radius 2 is 1.86 bits per heavy atom. The summed E-state index contributed by atoms with van der Waals surface area (Å²) >= 11 is 0. The Balaban J connectivity index is 1.72. The van der Waals surface area contributed by atoms with Crippen molar-refractivity contribution in [3.8, 4) is 17.3 Å². The van der Waals surface area contributed by atoms with E-state index in [-0.39, 0.29) is 35.1 Å². The van der Waals surface area contributed by atoms with E-state index in [9.17, 15) is 9.59 Å². The molecule has 0 saturated heterocycles. The van der Waals surface area contributed by atoms with Crippen LogP contribution in [0.4, 0.5) is 0 Å². The van der Waals surface area contributed by atoms with Gasteiger partial charge in [0.1, 0.15) is 11.4 Å². The van der Waals surface area contributed by atoms with Gasteiger partial charge < -0.3 is 20.9 Å². The minimum atomic E-state index is -0.781. The normalized spacial score (nSPS) is 18.7. The number of ether oxygens (including phenoxy) is 1. The monoisotopic (exact) mass is 397 g/mol. The third-order valence-electron chi connectivity index (χ3n) is 5.06. The molecule has 0 radical (unpaired) electrons. The highest BCUT2D eigenvalue weighted by atomic mass is 16.5. The predicted molar refractivity (Wildman–Crippen MR) is 106 cm³/mol. The van der Waals surface area contributed by atoms with Gasteiger partial charge in [-0.15, -0.1) is 0 Å². The number of carboxylic acids is 1. The first-order valence-electron chi connectivity index (χ1n) is 9.28. The molecule has 152 valence electrons. The van der Waals surface area contributed by atoms with E-state index in [1.54, 1.807) is 24.3 Å². The van der Waals surface area contributed by atoms with Crippen molar-refractivity contribution in [1.82, 2.24) is 15.3 Å². The molecule has 1 saturated carbocycles. The first-order chi connectivity index (χ1) is 13.9. The molecule has 2 aromatic rings. The van der Waals surface area contributed by atoms with Gasteiger partial charge >= 0.3 is 5.97 Å². The van der Waals surface area contributed by atoms with Crippen molar-refractivity contribution in [2.75, 3.05) is 7.11 Å². The zero-order chi connectivity index (χ0) is 21.0. The van der Waals surface area contributed by atoms with Crippen molar-refractivity contribution in [3.05, 3.63) is 41.6 Å². The van der Waals surface area contributed by atoms with Crippen LogP contribution in [0.3, 0.4) is 0 Å². The third-order valence-corrected chi connectivity index (χ3v) is 5.06. The van der Waals surface area contributed by atoms with Gasteiger partial charge in [0.05, 0.1) is 13.0 Å². The van der Waals surface area contributed by atoms with Crippen LogP contribution in [-0.4, -0.2) is 45.9 Å². The number of nitrogen functional groups attached to an aromatic ring is 1. The second-order valence-corrected chi connectivity index (χ2v) is 6.97. The van der Waals surface area contributed by atoms with Crippen LogP contribution >= 0.6 is 0 Å². The lowest BCUT2D eigenvalue weighted by molar-refractivity contribution is -0.142. The van der Waals surface area contributed by atoms with Crippen LogP contribution < -0.4 is 15.8 Å². The zero-order valence-electron chi connectivity index (χ0n) is 16.0. The molecule has 3 rings (SSSR count). The lowest BCUT2D eigenvalue weighted by atomic mass is 9.86. The molecule has 9 heteroatoms. The van der Waals surface area contributed by atoms with Crippen LogP contribution in [0, 0.1) is 11.3 Å². The lowest BCUT2D eigenvalue weighted by Crippen LogP contribution is -2.39. The molecule has 0 spiro atoms. The summed E-state index contributed by atoms with van der Waals surface area (Å²) in [7, 11) is 1.43. The molecule has 9 nitrogen and oxygen atoms in total. The summed E-state index contributed by atoms with van der Waals surface area (Å²) in [6.45, 7) is 0. The van der Waals surface area contributed by atoms with Gasteiger partial charge in [0, 0.05) is 23.4 Å². The Morgan fingerprint density at radius 1 is 1.21 bits per heavy atom. The Kier molecular flexibility index (Phi) is 6.06. The molecule has 1 aromatic heterocycles. The smallest absolute Gasteiger partial charge is 0.306 e. The van der Waals surface area contributed by atoms with Crippen molar-refractivity contribution >= 4 is 17.7 Å². The number of aromatic nitrogens is 2. The van der Waals surface area contributed by atoms with Gasteiger partial charge in [-0.3, -0.25) is 15.0 Å². The number of carbonyl (C=O) groups excluding carboxylic acids is 1. The maximum absolute atomic E-state index is 12.7. The molecular weight excluding hydrogens is 374 g/mol. The van der Waals surface area contributed by atoms with Gasteiger partial charge in [0.2, 0.25) is 5.88 Å². The van der Waals surface area contributed by atoms with Crippen LogP contribution in [0.25, 0.3) is 11.4 Å². The van der Waals surface area contributed by atoms with Crippen LogP contribution in [0.2, 0.25) is 0 Å². The number of carboxylic acid groups (broad SMARTS) is 1. The minimum Gasteiger partial charge on any atom is -0.481 e. The number of rotatable bonds is 6. The van der Waals surface area contributed by atoms with Crippen LogP contribution in [0.1, 0.15) is 41.6 Å². The summed E-state index contributed by atoms with van der Waals surface area (Å²) < 4.78 is 5.28. The number of nitrogens with zero attached hydrogens (tertiary/aromatic N) is 2. The molecule has 1 heterocycles. The van der Waals surface area contributed by atoms with Crippen molar-refractivity contribution in [1.29, 1.82) is 5.41 Å². The average Bonchev–Trinajstić information content (AvgIpc) is 2.73. The summed E-state index contributed by atoms with van der Waals surface area (Å²) in [6.07, 6.45) is 3.74. The molecule has 5 N–H and O–H groups in total. The van der Waals surface area contributed by atoms with Crippen LogP contribution in [0.5, 0.6) is 5.88 Å². The third kappa shape index (κ3) is 4.68. The Morgan fingerprint density at radius 3 is 2.41 bits per heavy atom. The lowest BCUT2D eigenvalue weighted by Gasteiger charge is -2.26. The number of hydrogen-bond donors (Lipinski definition) is 4. The highest BCUT2D eigenvalue weighted by Crippen LogP contribution is 2.26. The van der Waals surface area contributed by atoms with Gasteiger partial charge in [0.15, 0.2) is 5.82 Å². The van der Waals surface area contributed by atoms with Crippen LogP contribution in [-0.2, 0) is 4.79 Å². The SMILES string of the molecule is COc1nc(-c2ccc(C(=N)N)cc2)ncc1C(=O)N[C@H]1CC[C@H](C(=O)O)CC1. The van der Waals surface area contributed by atoms with Crippen molar-refractivity contribution < 1.29 is 19.4 Å². The molecular formula is C20H23N5O4. The summed E-state index contributed by atoms with van der Waals surface area (Å²) in [5.74, 6) is -0.956. The van der Waals surface area contributed by atoms with Gasteiger partial charge in [-0.05, 0) is 25.7 Å². The Labute approximate surface area is 167 Å². The summed E-state index contributed by atoms with van der Waals surface area (Å²) in [5.41, 5.74) is 6.97. The van der Waals surface area contributed by atoms with E-state index in [0.717, 1.165) is 0 Å². The second-order valence-electron chi connectivity index (χ2n) is 6.97. The molecule has 1 aliphatic rings. The first-order valence-corrected chi connectivity index (χ1v) is 9.28. The maximum atomic E-state index is 12.7. The molecule has 29 heavy (non-hydrogen) atoms. The predicted octanol–water partition coefficient (Wildman–Crippen LogP) is 1.81. The van der Waals surface area contributed by atoms with Gasteiger partial charge in [0.25, 0.3) is 5.91 Å². The second kappa shape index (κ2) is 8.68. The molecule has 1 amide bonds. The number of hydrogen-bond acceptors (Lipinski definition) is 6. The van der Waals surface area contributed by atoms with E-state index < -0.39 is 5.97 Å². The fraction of sp³-hybridized carbons (Fsp3) is 0.350. The van der Waals surface area contributed by atoms with E-state index in [4.69, 9.17) is 21.0 Å². The summed E-state index contributed by atoms with van der Waals surface area (Å²) in [6, 6.07) is 6.79. The topological polar surface area (TPSA) is 151 Å². The van der Waals surface area contributed by atoms with Crippen molar-refractivity contribution in [2.24, 2.45) is 11.7 Å². The number of nitrogens with two attached hydrogens (primary N) is 1. The Hall–Kier alpha value is -3.49. The number of nitrogens with one attached hydrogen (secondary N) is 2. The van der Waals surface area contributed by atoms with E-state index in [1.165, 1.54) is 13.3 Å². The maximum Gasteiger partial charge on any atom is 0.306 e. The summed E-state index contributed by atoms with van der Waals surface area (Å²) in [5, 5.41) is 19.4. The summed E-state index contributed by atoms with van der Waals surface area (Å²) in [4.78, 5) is 32.3. The number of amidine groups is 1.